The molecule has 7 heteroatoms. The van der Waals surface area contributed by atoms with Gasteiger partial charge in [0.15, 0.2) is 0 Å². The summed E-state index contributed by atoms with van der Waals surface area (Å²) >= 11 is 6.22. The van der Waals surface area contributed by atoms with E-state index in [2.05, 4.69) is 18.7 Å². The molecule has 2 aromatic carbocycles. The van der Waals surface area contributed by atoms with E-state index in [1.54, 1.807) is 31.4 Å². The van der Waals surface area contributed by atoms with Crippen LogP contribution in [0.15, 0.2) is 48.2 Å². The lowest BCUT2D eigenvalue weighted by molar-refractivity contribution is -0.120. The zero-order valence-corrected chi connectivity index (χ0v) is 19.5. The molecule has 2 atom stereocenters. The maximum Gasteiger partial charge on any atom is 0.282 e. The lowest BCUT2D eigenvalue weighted by atomic mass is 9.91. The molecular formula is C25H27ClN2O4. The van der Waals surface area contributed by atoms with Gasteiger partial charge in [-0.25, -0.2) is 4.90 Å². The first-order chi connectivity index (χ1) is 15.3. The van der Waals surface area contributed by atoms with Gasteiger partial charge in [-0.1, -0.05) is 43.6 Å². The topological polar surface area (TPSA) is 59.1 Å². The highest BCUT2D eigenvalue weighted by atomic mass is 35.5. The van der Waals surface area contributed by atoms with Crippen LogP contribution in [0.3, 0.4) is 0 Å². The van der Waals surface area contributed by atoms with Crippen molar-refractivity contribution in [2.45, 2.75) is 20.3 Å². The summed E-state index contributed by atoms with van der Waals surface area (Å²) in [6.07, 6.45) is 1.09. The van der Waals surface area contributed by atoms with Crippen LogP contribution < -0.4 is 14.4 Å². The number of carbonyl (C=O) groups excluding carboxylic acids is 2. The maximum absolute atomic E-state index is 13.9. The second kappa shape index (κ2) is 8.87. The van der Waals surface area contributed by atoms with Gasteiger partial charge in [0.2, 0.25) is 0 Å². The number of piperidine rings is 1. The third kappa shape index (κ3) is 3.84. The van der Waals surface area contributed by atoms with E-state index in [0.29, 0.717) is 64.0 Å². The number of halogens is 1. The van der Waals surface area contributed by atoms with Crippen LogP contribution in [-0.4, -0.2) is 44.0 Å². The third-order valence-electron chi connectivity index (χ3n) is 6.00. The van der Waals surface area contributed by atoms with Crippen LogP contribution in [0.1, 0.15) is 25.8 Å². The van der Waals surface area contributed by atoms with Crippen LogP contribution in [0, 0.1) is 11.8 Å². The SMILES string of the molecule is COc1ccccc1C1=C(N2CC(C)CC(C)C2)C(=O)N(c2cc(Cl)ccc2OC)C1=O. The van der Waals surface area contributed by atoms with E-state index in [4.69, 9.17) is 21.1 Å². The van der Waals surface area contributed by atoms with Crippen LogP contribution in [0.5, 0.6) is 11.5 Å². The van der Waals surface area contributed by atoms with Gasteiger partial charge in [0, 0.05) is 23.7 Å². The van der Waals surface area contributed by atoms with E-state index in [0.717, 1.165) is 6.42 Å². The van der Waals surface area contributed by atoms with Crippen molar-refractivity contribution in [2.75, 3.05) is 32.2 Å². The predicted molar refractivity (Wildman–Crippen MR) is 125 cm³/mol. The Labute approximate surface area is 193 Å². The number of rotatable bonds is 5. The Bertz CT molecular complexity index is 1090. The second-order valence-electron chi connectivity index (χ2n) is 8.54. The summed E-state index contributed by atoms with van der Waals surface area (Å²) in [5.41, 5.74) is 1.67. The quantitative estimate of drug-likeness (QED) is 0.617. The van der Waals surface area contributed by atoms with Crippen LogP contribution in [0.25, 0.3) is 5.57 Å². The molecule has 2 aliphatic heterocycles. The number of imide groups is 1. The smallest absolute Gasteiger partial charge is 0.282 e. The normalized spacial score (nSPS) is 21.4. The van der Waals surface area contributed by atoms with Gasteiger partial charge < -0.3 is 14.4 Å². The molecule has 0 spiro atoms. The minimum absolute atomic E-state index is 0.329. The van der Waals surface area contributed by atoms with E-state index < -0.39 is 5.91 Å². The molecule has 2 heterocycles. The molecule has 6 nitrogen and oxygen atoms in total. The van der Waals surface area contributed by atoms with Crippen LogP contribution in [0.2, 0.25) is 5.02 Å². The van der Waals surface area contributed by atoms with Crippen molar-refractivity contribution >= 4 is 34.7 Å². The summed E-state index contributed by atoms with van der Waals surface area (Å²) < 4.78 is 11.0. The van der Waals surface area contributed by atoms with Crippen LogP contribution in [-0.2, 0) is 9.59 Å². The molecule has 1 fully saturated rings. The molecule has 2 amide bonds. The van der Waals surface area contributed by atoms with Crippen molar-refractivity contribution in [3.05, 3.63) is 58.7 Å². The van der Waals surface area contributed by atoms with Crippen molar-refractivity contribution in [3.8, 4) is 11.5 Å². The number of para-hydroxylation sites is 1. The first-order valence-corrected chi connectivity index (χ1v) is 11.1. The largest absolute Gasteiger partial charge is 0.496 e. The third-order valence-corrected chi connectivity index (χ3v) is 6.24. The number of hydrogen-bond acceptors (Lipinski definition) is 5. The molecule has 0 aromatic heterocycles. The Morgan fingerprint density at radius 3 is 2.22 bits per heavy atom. The minimum atomic E-state index is -0.416. The summed E-state index contributed by atoms with van der Waals surface area (Å²) in [5.74, 6) is 0.959. The summed E-state index contributed by atoms with van der Waals surface area (Å²) in [4.78, 5) is 30.9. The van der Waals surface area contributed by atoms with Crippen molar-refractivity contribution < 1.29 is 19.1 Å². The summed E-state index contributed by atoms with van der Waals surface area (Å²) in [6, 6.07) is 12.2. The van der Waals surface area contributed by atoms with Gasteiger partial charge in [0.05, 0.1) is 25.5 Å². The molecule has 2 aliphatic rings. The highest BCUT2D eigenvalue weighted by Crippen LogP contribution is 2.42. The van der Waals surface area contributed by atoms with E-state index in [1.807, 2.05) is 18.2 Å². The van der Waals surface area contributed by atoms with E-state index in [-0.39, 0.29) is 5.91 Å². The fourth-order valence-corrected chi connectivity index (χ4v) is 4.97. The zero-order chi connectivity index (χ0) is 23.0. The Morgan fingerprint density at radius 1 is 0.906 bits per heavy atom. The standard InChI is InChI=1S/C25H27ClN2O4/c1-15-11-16(2)14-27(13-15)23-22(18-7-5-6-8-20(18)31-3)24(29)28(25(23)30)19-12-17(26)9-10-21(19)32-4/h5-10,12,15-16H,11,13-14H2,1-4H3. The number of nitrogens with zero attached hydrogens (tertiary/aromatic N) is 2. The molecule has 0 bridgehead atoms. The summed E-state index contributed by atoms with van der Waals surface area (Å²) in [7, 11) is 3.06. The summed E-state index contributed by atoms with van der Waals surface area (Å²) in [6.45, 7) is 5.76. The number of ether oxygens (including phenoxy) is 2. The number of methoxy groups -OCH3 is 2. The molecule has 0 N–H and O–H groups in total. The average molecular weight is 455 g/mol. The fraction of sp³-hybridized carbons (Fsp3) is 0.360. The summed E-state index contributed by atoms with van der Waals surface area (Å²) in [5, 5.41) is 0.411. The van der Waals surface area contributed by atoms with Gasteiger partial charge in [-0.05, 0) is 42.5 Å². The van der Waals surface area contributed by atoms with Gasteiger partial charge in [-0.2, -0.15) is 0 Å². The number of likely N-dealkylation sites (tertiary alicyclic amines) is 1. The molecule has 32 heavy (non-hydrogen) atoms. The van der Waals surface area contributed by atoms with Crippen LogP contribution >= 0.6 is 11.6 Å². The van der Waals surface area contributed by atoms with E-state index in [1.165, 1.54) is 12.0 Å². The molecular weight excluding hydrogens is 428 g/mol. The number of amides is 2. The number of carbonyl (C=O) groups is 2. The zero-order valence-electron chi connectivity index (χ0n) is 18.7. The van der Waals surface area contributed by atoms with E-state index in [9.17, 15) is 9.59 Å². The van der Waals surface area contributed by atoms with Crippen molar-refractivity contribution in [2.24, 2.45) is 11.8 Å². The van der Waals surface area contributed by atoms with Gasteiger partial charge in [-0.15, -0.1) is 0 Å². The van der Waals surface area contributed by atoms with Crippen molar-refractivity contribution in [1.82, 2.24) is 4.90 Å². The lowest BCUT2D eigenvalue weighted by Crippen LogP contribution is -2.42. The molecule has 2 unspecified atom stereocenters. The average Bonchev–Trinajstić information content (AvgIpc) is 3.02. The number of anilines is 1. The predicted octanol–water partition coefficient (Wildman–Crippen LogP) is 4.62. The molecule has 0 saturated carbocycles. The van der Waals surface area contributed by atoms with Gasteiger partial charge in [0.25, 0.3) is 11.8 Å². The molecule has 0 radical (unpaired) electrons. The number of hydrogen-bond donors (Lipinski definition) is 0. The number of benzene rings is 2. The van der Waals surface area contributed by atoms with Crippen LogP contribution in [0.4, 0.5) is 5.69 Å². The van der Waals surface area contributed by atoms with E-state index >= 15 is 0 Å². The van der Waals surface area contributed by atoms with Gasteiger partial charge >= 0.3 is 0 Å². The highest BCUT2D eigenvalue weighted by molar-refractivity contribution is 6.46. The maximum atomic E-state index is 13.9. The molecule has 1 saturated heterocycles. The van der Waals surface area contributed by atoms with Gasteiger partial charge in [-0.3, -0.25) is 9.59 Å². The fourth-order valence-electron chi connectivity index (χ4n) is 4.81. The molecule has 4 rings (SSSR count). The Hall–Kier alpha value is -2.99. The Morgan fingerprint density at radius 2 is 1.56 bits per heavy atom. The molecule has 2 aromatic rings. The lowest BCUT2D eigenvalue weighted by Gasteiger charge is -2.37. The van der Waals surface area contributed by atoms with Crippen molar-refractivity contribution in [3.63, 3.8) is 0 Å². The first kappa shape index (κ1) is 22.2. The first-order valence-electron chi connectivity index (χ1n) is 10.7. The Balaban J connectivity index is 1.91. The monoisotopic (exact) mass is 454 g/mol. The highest BCUT2D eigenvalue weighted by Gasteiger charge is 2.45. The van der Waals surface area contributed by atoms with Crippen molar-refractivity contribution in [1.29, 1.82) is 0 Å². The molecule has 168 valence electrons. The van der Waals surface area contributed by atoms with Gasteiger partial charge in [0.1, 0.15) is 17.2 Å². The minimum Gasteiger partial charge on any atom is -0.496 e. The second-order valence-corrected chi connectivity index (χ2v) is 8.97. The Kier molecular flexibility index (Phi) is 6.15. The molecule has 0 aliphatic carbocycles.